The Morgan fingerprint density at radius 2 is 2.00 bits per heavy atom. The summed E-state index contributed by atoms with van der Waals surface area (Å²) in [6.45, 7) is 4.54. The van der Waals surface area contributed by atoms with Gasteiger partial charge in [0.2, 0.25) is 0 Å². The zero-order chi connectivity index (χ0) is 12.3. The van der Waals surface area contributed by atoms with Crippen molar-refractivity contribution in [3.8, 4) is 0 Å². The molecule has 1 heterocycles. The summed E-state index contributed by atoms with van der Waals surface area (Å²) in [6.07, 6.45) is 3.68. The van der Waals surface area contributed by atoms with Crippen LogP contribution in [0.15, 0.2) is 24.3 Å². The summed E-state index contributed by atoms with van der Waals surface area (Å²) >= 11 is 0. The van der Waals surface area contributed by atoms with Crippen LogP contribution in [0.3, 0.4) is 0 Å². The maximum absolute atomic E-state index is 3.55. The zero-order valence-corrected chi connectivity index (χ0v) is 11.3. The number of nitrogens with zero attached hydrogens (tertiary/aromatic N) is 1. The SMILES string of the molecule is CNC1(CCc2ccc(C)cc2)CCN(C)C1. The Hall–Kier alpha value is -0.860. The van der Waals surface area contributed by atoms with E-state index in [-0.39, 0.29) is 0 Å². The molecule has 2 heteroatoms. The first-order valence-corrected chi connectivity index (χ1v) is 6.57. The van der Waals surface area contributed by atoms with Crippen LogP contribution in [0, 0.1) is 6.92 Å². The molecule has 0 radical (unpaired) electrons. The molecule has 2 nitrogen and oxygen atoms in total. The van der Waals surface area contributed by atoms with E-state index in [4.69, 9.17) is 0 Å². The fraction of sp³-hybridized carbons (Fsp3) is 0.600. The highest BCUT2D eigenvalue weighted by molar-refractivity contribution is 5.21. The number of hydrogen-bond donors (Lipinski definition) is 1. The maximum Gasteiger partial charge on any atom is 0.0321 e. The molecule has 94 valence electrons. The van der Waals surface area contributed by atoms with Crippen LogP contribution in [0.25, 0.3) is 0 Å². The van der Waals surface area contributed by atoms with E-state index >= 15 is 0 Å². The van der Waals surface area contributed by atoms with Crippen LogP contribution in [-0.4, -0.2) is 37.6 Å². The standard InChI is InChI=1S/C15H24N2/c1-13-4-6-14(7-5-13)8-9-15(16-2)10-11-17(3)12-15/h4-7,16H,8-12H2,1-3H3. The molecule has 0 aromatic heterocycles. The van der Waals surface area contributed by atoms with Gasteiger partial charge in [-0.15, -0.1) is 0 Å². The van der Waals surface area contributed by atoms with Gasteiger partial charge in [-0.3, -0.25) is 0 Å². The molecule has 17 heavy (non-hydrogen) atoms. The molecule has 0 amide bonds. The van der Waals surface area contributed by atoms with Crippen LogP contribution in [0.2, 0.25) is 0 Å². The van der Waals surface area contributed by atoms with Gasteiger partial charge in [0.25, 0.3) is 0 Å². The quantitative estimate of drug-likeness (QED) is 0.856. The molecule has 1 atom stereocenters. The van der Waals surface area contributed by atoms with E-state index < -0.39 is 0 Å². The topological polar surface area (TPSA) is 15.3 Å². The van der Waals surface area contributed by atoms with Crippen LogP contribution in [0.1, 0.15) is 24.0 Å². The van der Waals surface area contributed by atoms with Crippen LogP contribution in [-0.2, 0) is 6.42 Å². The van der Waals surface area contributed by atoms with Gasteiger partial charge in [-0.25, -0.2) is 0 Å². The van der Waals surface area contributed by atoms with Gasteiger partial charge in [-0.2, -0.15) is 0 Å². The maximum atomic E-state index is 3.55. The molecule has 0 saturated carbocycles. The summed E-state index contributed by atoms with van der Waals surface area (Å²) in [5.41, 5.74) is 3.14. The summed E-state index contributed by atoms with van der Waals surface area (Å²) in [7, 11) is 4.32. The molecule has 1 fully saturated rings. The Bertz CT molecular complexity index is 358. The van der Waals surface area contributed by atoms with Gasteiger partial charge >= 0.3 is 0 Å². The highest BCUT2D eigenvalue weighted by atomic mass is 15.2. The van der Waals surface area contributed by atoms with Crippen molar-refractivity contribution in [3.63, 3.8) is 0 Å². The Morgan fingerprint density at radius 3 is 2.53 bits per heavy atom. The number of likely N-dealkylation sites (N-methyl/N-ethyl adjacent to an activating group) is 2. The smallest absolute Gasteiger partial charge is 0.0321 e. The number of aryl methyl sites for hydroxylation is 2. The highest BCUT2D eigenvalue weighted by Crippen LogP contribution is 2.25. The van der Waals surface area contributed by atoms with E-state index in [2.05, 4.69) is 55.5 Å². The Kier molecular flexibility index (Phi) is 3.85. The average molecular weight is 232 g/mol. The van der Waals surface area contributed by atoms with E-state index in [1.807, 2.05) is 0 Å². The van der Waals surface area contributed by atoms with E-state index in [0.29, 0.717) is 5.54 Å². The van der Waals surface area contributed by atoms with Crippen LogP contribution in [0.5, 0.6) is 0 Å². The fourth-order valence-electron chi connectivity index (χ4n) is 2.75. The monoisotopic (exact) mass is 232 g/mol. The Morgan fingerprint density at radius 1 is 1.29 bits per heavy atom. The highest BCUT2D eigenvalue weighted by Gasteiger charge is 2.34. The molecule has 1 aliphatic rings. The second kappa shape index (κ2) is 5.19. The van der Waals surface area contributed by atoms with Crippen LogP contribution >= 0.6 is 0 Å². The first-order valence-electron chi connectivity index (χ1n) is 6.57. The molecular weight excluding hydrogens is 208 g/mol. The van der Waals surface area contributed by atoms with Crippen molar-refractivity contribution in [1.82, 2.24) is 10.2 Å². The van der Waals surface area contributed by atoms with Gasteiger partial charge in [-0.1, -0.05) is 29.8 Å². The average Bonchev–Trinajstić information content (AvgIpc) is 2.71. The minimum atomic E-state index is 0.333. The Balaban J connectivity index is 1.94. The molecular formula is C15H24N2. The van der Waals surface area contributed by atoms with Crippen molar-refractivity contribution in [2.75, 3.05) is 27.2 Å². The summed E-state index contributed by atoms with van der Waals surface area (Å²) in [5.74, 6) is 0. The summed E-state index contributed by atoms with van der Waals surface area (Å²) in [6, 6.07) is 8.94. The molecule has 0 bridgehead atoms. The molecule has 1 saturated heterocycles. The number of nitrogens with one attached hydrogen (secondary N) is 1. The van der Waals surface area contributed by atoms with Gasteiger partial charge in [0, 0.05) is 12.1 Å². The van der Waals surface area contributed by atoms with E-state index in [1.165, 1.54) is 43.5 Å². The number of likely N-dealkylation sites (tertiary alicyclic amines) is 1. The zero-order valence-electron chi connectivity index (χ0n) is 11.3. The number of benzene rings is 1. The third-order valence-corrected chi connectivity index (χ3v) is 4.09. The molecule has 1 aliphatic heterocycles. The van der Waals surface area contributed by atoms with Crippen molar-refractivity contribution in [2.45, 2.75) is 31.7 Å². The van der Waals surface area contributed by atoms with Gasteiger partial charge in [-0.05, 0) is 52.4 Å². The molecule has 0 aliphatic carbocycles. The second-order valence-electron chi connectivity index (χ2n) is 5.50. The first-order chi connectivity index (χ1) is 8.13. The molecule has 2 rings (SSSR count). The second-order valence-corrected chi connectivity index (χ2v) is 5.50. The molecule has 0 spiro atoms. The minimum absolute atomic E-state index is 0.333. The van der Waals surface area contributed by atoms with E-state index in [0.717, 1.165) is 0 Å². The first kappa shape index (κ1) is 12.6. The summed E-state index contributed by atoms with van der Waals surface area (Å²) in [4.78, 5) is 2.42. The van der Waals surface area contributed by atoms with Crippen molar-refractivity contribution in [2.24, 2.45) is 0 Å². The van der Waals surface area contributed by atoms with Gasteiger partial charge in [0.05, 0.1) is 0 Å². The minimum Gasteiger partial charge on any atom is -0.313 e. The fourth-order valence-corrected chi connectivity index (χ4v) is 2.75. The lowest BCUT2D eigenvalue weighted by atomic mass is 9.90. The van der Waals surface area contributed by atoms with Gasteiger partial charge in [0.1, 0.15) is 0 Å². The molecule has 1 unspecified atom stereocenters. The normalized spacial score (nSPS) is 25.4. The predicted molar refractivity (Wildman–Crippen MR) is 73.4 cm³/mol. The third kappa shape index (κ3) is 3.08. The molecule has 1 aromatic carbocycles. The van der Waals surface area contributed by atoms with Crippen molar-refractivity contribution in [1.29, 1.82) is 0 Å². The van der Waals surface area contributed by atoms with Gasteiger partial charge in [0.15, 0.2) is 0 Å². The third-order valence-electron chi connectivity index (χ3n) is 4.09. The number of hydrogen-bond acceptors (Lipinski definition) is 2. The van der Waals surface area contributed by atoms with E-state index in [9.17, 15) is 0 Å². The van der Waals surface area contributed by atoms with Gasteiger partial charge < -0.3 is 10.2 Å². The van der Waals surface area contributed by atoms with E-state index in [1.54, 1.807) is 0 Å². The van der Waals surface area contributed by atoms with Crippen molar-refractivity contribution in [3.05, 3.63) is 35.4 Å². The van der Waals surface area contributed by atoms with Crippen molar-refractivity contribution < 1.29 is 0 Å². The molecule has 1 N–H and O–H groups in total. The number of rotatable bonds is 4. The summed E-state index contributed by atoms with van der Waals surface area (Å²) < 4.78 is 0. The van der Waals surface area contributed by atoms with Crippen molar-refractivity contribution >= 4 is 0 Å². The largest absolute Gasteiger partial charge is 0.313 e. The van der Waals surface area contributed by atoms with Crippen LogP contribution in [0.4, 0.5) is 0 Å². The summed E-state index contributed by atoms with van der Waals surface area (Å²) in [5, 5.41) is 3.55. The Labute approximate surface area is 105 Å². The predicted octanol–water partition coefficient (Wildman–Crippen LogP) is 2.22. The lowest BCUT2D eigenvalue weighted by Crippen LogP contribution is -2.45. The lowest BCUT2D eigenvalue weighted by molar-refractivity contribution is 0.311. The lowest BCUT2D eigenvalue weighted by Gasteiger charge is -2.28. The molecule has 1 aromatic rings. The van der Waals surface area contributed by atoms with Crippen LogP contribution < -0.4 is 5.32 Å².